The maximum Gasteiger partial charge on any atom is 0.344 e. The Labute approximate surface area is 426 Å². The van der Waals surface area contributed by atoms with Gasteiger partial charge in [-0.05, 0) is 188 Å². The van der Waals surface area contributed by atoms with Crippen molar-refractivity contribution in [1.29, 1.82) is 5.26 Å². The Balaban J connectivity index is 0.000000506. The molecule has 1 aliphatic heterocycles. The molecule has 70 heavy (non-hydrogen) atoms. The van der Waals surface area contributed by atoms with Gasteiger partial charge in [0.15, 0.2) is 12.0 Å². The van der Waals surface area contributed by atoms with Crippen LogP contribution in [0.2, 0.25) is 0 Å². The van der Waals surface area contributed by atoms with Crippen molar-refractivity contribution in [3.8, 4) is 6.07 Å². The van der Waals surface area contributed by atoms with Crippen LogP contribution in [0.5, 0.6) is 0 Å². The molecule has 1 saturated heterocycles. The third kappa shape index (κ3) is 11.9. The molecule has 10 bridgehead atoms. The summed E-state index contributed by atoms with van der Waals surface area (Å²) >= 11 is 0. The van der Waals surface area contributed by atoms with Crippen LogP contribution in [-0.4, -0.2) is 70.6 Å². The highest BCUT2D eigenvalue weighted by atomic mass is 16.6. The summed E-state index contributed by atoms with van der Waals surface area (Å²) in [4.78, 5) is 60.8. The molecular weight excluding hydrogens is 887 g/mol. The van der Waals surface area contributed by atoms with Gasteiger partial charge in [-0.25, -0.2) is 4.79 Å². The van der Waals surface area contributed by atoms with Crippen molar-refractivity contribution in [2.24, 2.45) is 68.5 Å². The number of aliphatic hydroxyl groups is 1. The van der Waals surface area contributed by atoms with Gasteiger partial charge in [-0.2, -0.15) is 5.26 Å². The van der Waals surface area contributed by atoms with Crippen molar-refractivity contribution >= 4 is 29.8 Å². The number of fused-ring (bicyclic) bond motifs is 1. The highest BCUT2D eigenvalue weighted by molar-refractivity contribution is 5.85. The number of nitriles is 1. The minimum Gasteiger partial charge on any atom is -0.459 e. The lowest BCUT2D eigenvalue weighted by Gasteiger charge is -2.61. The van der Waals surface area contributed by atoms with Gasteiger partial charge in [0, 0.05) is 23.7 Å². The van der Waals surface area contributed by atoms with Crippen LogP contribution in [-0.2, 0) is 47.7 Å². The average Bonchev–Trinajstić information content (AvgIpc) is 3.81. The van der Waals surface area contributed by atoms with E-state index in [4.69, 9.17) is 23.7 Å². The second-order valence-electron chi connectivity index (χ2n) is 24.9. The van der Waals surface area contributed by atoms with E-state index < -0.39 is 58.6 Å². The number of esters is 5. The minimum atomic E-state index is -1.06. The van der Waals surface area contributed by atoms with Gasteiger partial charge in [0.25, 0.3) is 0 Å². The lowest BCUT2D eigenvalue weighted by atomic mass is 9.46. The number of nitrogens with zero attached hydrogens (tertiary/aromatic N) is 1. The molecule has 0 aromatic heterocycles. The fraction of sp³-hybridized carbons (Fsp3) is 0.897. The molecule has 7 atom stereocenters. The Hall–Kier alpha value is -3.20. The van der Waals surface area contributed by atoms with Crippen molar-refractivity contribution in [3.05, 3.63) is 0 Å². The smallest absolute Gasteiger partial charge is 0.344 e. The van der Waals surface area contributed by atoms with Gasteiger partial charge in [0.1, 0.15) is 23.4 Å². The van der Waals surface area contributed by atoms with Crippen molar-refractivity contribution < 1.29 is 52.8 Å². The van der Waals surface area contributed by atoms with Gasteiger partial charge in [-0.15, -0.1) is 0 Å². The SMILES string of the molecule is C.C.C.C.C.C.CCC(C)(C)C(=O)OC(C)(C)C12CC3CC(CC(C3)C1)C2.CCC(C)(C)C(=O)OC12CC3CC(CC(O)(C3)C1)C2.CCC(C)(C)C(=O)OCC(=O)OC1C2CC3C1OC(=O)C3(C#N)C2. The molecule has 10 saturated carbocycles. The maximum absolute atomic E-state index is 12.6. The van der Waals surface area contributed by atoms with Gasteiger partial charge in [-0.3, -0.25) is 19.2 Å². The van der Waals surface area contributed by atoms with E-state index in [1.165, 1.54) is 44.9 Å². The molecule has 7 unspecified atom stereocenters. The molecule has 1 N–H and O–H groups in total. The molecule has 0 amide bonds. The summed E-state index contributed by atoms with van der Waals surface area (Å²) in [5.41, 5.74) is -3.46. The summed E-state index contributed by atoms with van der Waals surface area (Å²) in [7, 11) is 0. The third-order valence-electron chi connectivity index (χ3n) is 18.6. The van der Waals surface area contributed by atoms with Crippen molar-refractivity contribution in [2.45, 2.75) is 259 Å². The maximum atomic E-state index is 12.6. The zero-order chi connectivity index (χ0) is 47.1. The number of hydrogen-bond donors (Lipinski definition) is 1. The second kappa shape index (κ2) is 22.5. The molecular formula is C58H103NO11. The first-order chi connectivity index (χ1) is 29.7. The predicted octanol–water partition coefficient (Wildman–Crippen LogP) is 13.2. The van der Waals surface area contributed by atoms with Crippen molar-refractivity contribution in [1.82, 2.24) is 0 Å². The van der Waals surface area contributed by atoms with E-state index in [0.717, 1.165) is 56.3 Å². The van der Waals surface area contributed by atoms with Crippen molar-refractivity contribution in [2.75, 3.05) is 6.61 Å². The fourth-order valence-electron chi connectivity index (χ4n) is 14.1. The van der Waals surface area contributed by atoms with Gasteiger partial charge >= 0.3 is 29.8 Å². The molecule has 0 radical (unpaired) electrons. The Bertz CT molecular complexity index is 1840. The molecule has 0 aromatic rings. The molecule has 1 heterocycles. The second-order valence-corrected chi connectivity index (χ2v) is 24.9. The first kappa shape index (κ1) is 64.8. The molecule has 10 aliphatic carbocycles. The largest absolute Gasteiger partial charge is 0.459 e. The molecule has 0 spiro atoms. The zero-order valence-electron chi connectivity index (χ0n) is 40.9. The molecule has 11 aliphatic rings. The van der Waals surface area contributed by atoms with Crippen LogP contribution < -0.4 is 0 Å². The lowest BCUT2D eigenvalue weighted by molar-refractivity contribution is -0.225. The van der Waals surface area contributed by atoms with E-state index in [2.05, 4.69) is 26.8 Å². The molecule has 11 rings (SSSR count). The Morgan fingerprint density at radius 2 is 1.11 bits per heavy atom. The molecule has 0 aromatic carbocycles. The monoisotopic (exact) mass is 990 g/mol. The molecule has 11 fully saturated rings. The number of rotatable bonds is 12. The van der Waals surface area contributed by atoms with Gasteiger partial charge in [0.05, 0.1) is 27.9 Å². The van der Waals surface area contributed by atoms with E-state index in [0.29, 0.717) is 37.5 Å². The summed E-state index contributed by atoms with van der Waals surface area (Å²) in [6.45, 7) is 21.3. The normalized spacial score (nSPS) is 36.0. The Kier molecular flexibility index (Phi) is 20.8. The number of carbonyl (C=O) groups excluding carboxylic acids is 5. The first-order valence-corrected chi connectivity index (χ1v) is 24.9. The van der Waals surface area contributed by atoms with Gasteiger partial charge < -0.3 is 28.8 Å². The molecule has 406 valence electrons. The van der Waals surface area contributed by atoms with E-state index in [-0.39, 0.29) is 90.4 Å². The van der Waals surface area contributed by atoms with Crippen LogP contribution >= 0.6 is 0 Å². The molecule has 12 nitrogen and oxygen atoms in total. The highest BCUT2D eigenvalue weighted by Gasteiger charge is 2.72. The van der Waals surface area contributed by atoms with Crippen LogP contribution in [0, 0.1) is 79.8 Å². The quantitative estimate of drug-likeness (QED) is 0.145. The standard InChI is InChI=1S/C19H32O2.C17H21NO6.C16H26O3.6CH4/c1-6-17(2,3)16(20)21-18(4,5)19-10-13-7-14(11-19)9-15(8-13)12-19;1-4-16(2,3)14(20)22-7-11(19)23-12-9-5-10-13(12)24-15(21)17(10,6-9)8-18;1-4-14(2,3)13(17)19-16-8-11-5-12(9-16)7-15(18,6-11)10-16;;;;;;/h13-15H,6-12H2,1-5H3;9-10,12-13H,4-7H2,1-3H3;11-12,18H,4-10H2,1-3H3;6*1H4. The van der Waals surface area contributed by atoms with Gasteiger partial charge in [-0.1, -0.05) is 65.3 Å². The topological polar surface area (TPSA) is 176 Å². The summed E-state index contributed by atoms with van der Waals surface area (Å²) in [5.74, 6) is 1.84. The van der Waals surface area contributed by atoms with Crippen LogP contribution in [0.15, 0.2) is 0 Å². The van der Waals surface area contributed by atoms with E-state index >= 15 is 0 Å². The minimum absolute atomic E-state index is 0. The fourth-order valence-corrected chi connectivity index (χ4v) is 14.1. The van der Waals surface area contributed by atoms with E-state index in [1.807, 2.05) is 41.5 Å². The van der Waals surface area contributed by atoms with E-state index in [9.17, 15) is 34.3 Å². The average molecular weight is 990 g/mol. The number of hydrogen-bond acceptors (Lipinski definition) is 12. The van der Waals surface area contributed by atoms with E-state index in [1.54, 1.807) is 13.8 Å². The first-order valence-electron chi connectivity index (χ1n) is 24.9. The predicted molar refractivity (Wildman–Crippen MR) is 277 cm³/mol. The Morgan fingerprint density at radius 1 is 0.657 bits per heavy atom. The van der Waals surface area contributed by atoms with Crippen LogP contribution in [0.3, 0.4) is 0 Å². The Morgan fingerprint density at radius 3 is 1.57 bits per heavy atom. The summed E-state index contributed by atoms with van der Waals surface area (Å²) in [6, 6.07) is 2.10. The number of ether oxygens (including phenoxy) is 5. The van der Waals surface area contributed by atoms with Crippen LogP contribution in [0.4, 0.5) is 0 Å². The molecule has 12 heteroatoms. The summed E-state index contributed by atoms with van der Waals surface area (Å²) in [6.07, 6.45) is 15.9. The van der Waals surface area contributed by atoms with Crippen molar-refractivity contribution in [3.63, 3.8) is 0 Å². The number of carbonyl (C=O) groups is 5. The summed E-state index contributed by atoms with van der Waals surface area (Å²) in [5, 5.41) is 20.0. The zero-order valence-corrected chi connectivity index (χ0v) is 40.9. The highest BCUT2D eigenvalue weighted by Crippen LogP contribution is 2.65. The lowest BCUT2D eigenvalue weighted by Crippen LogP contribution is -2.61. The van der Waals surface area contributed by atoms with Gasteiger partial charge in [0.2, 0.25) is 0 Å². The third-order valence-corrected chi connectivity index (χ3v) is 18.6. The van der Waals surface area contributed by atoms with Crippen LogP contribution in [0.25, 0.3) is 0 Å². The summed E-state index contributed by atoms with van der Waals surface area (Å²) < 4.78 is 27.8. The van der Waals surface area contributed by atoms with Crippen LogP contribution in [0.1, 0.15) is 230 Å².